The van der Waals surface area contributed by atoms with E-state index in [4.69, 9.17) is 14.6 Å². The van der Waals surface area contributed by atoms with Crippen molar-refractivity contribution in [3.8, 4) is 5.88 Å². The second-order valence-electron chi connectivity index (χ2n) is 3.22. The highest BCUT2D eigenvalue weighted by molar-refractivity contribution is 5.71. The first-order valence-electron chi connectivity index (χ1n) is 4.68. The van der Waals surface area contributed by atoms with Crippen LogP contribution in [0, 0.1) is 0 Å². The van der Waals surface area contributed by atoms with Gasteiger partial charge in [-0.05, 0) is 0 Å². The van der Waals surface area contributed by atoms with Gasteiger partial charge >= 0.3 is 5.97 Å². The largest absolute Gasteiger partial charge is 0.481 e. The molecule has 0 aromatic carbocycles. The zero-order chi connectivity index (χ0) is 11.5. The van der Waals surface area contributed by atoms with E-state index in [2.05, 4.69) is 15.3 Å². The number of carbonyl (C=O) groups is 1. The van der Waals surface area contributed by atoms with Gasteiger partial charge in [0.25, 0.3) is 0 Å². The summed E-state index contributed by atoms with van der Waals surface area (Å²) in [7, 11) is 1.50. The third-order valence-corrected chi connectivity index (χ3v) is 2.13. The third-order valence-electron chi connectivity index (χ3n) is 2.13. The molecule has 0 unspecified atom stereocenters. The summed E-state index contributed by atoms with van der Waals surface area (Å²) in [4.78, 5) is 18.6. The SMILES string of the molecule is COc1nc(NCC(=O)O)nc2c1COC2. The van der Waals surface area contributed by atoms with Crippen LogP contribution in [0.5, 0.6) is 5.88 Å². The summed E-state index contributed by atoms with van der Waals surface area (Å²) >= 11 is 0. The van der Waals surface area contributed by atoms with Crippen LogP contribution in [0.1, 0.15) is 11.3 Å². The molecule has 1 aliphatic heterocycles. The van der Waals surface area contributed by atoms with Crippen molar-refractivity contribution < 1.29 is 19.4 Å². The van der Waals surface area contributed by atoms with Crippen LogP contribution in [-0.4, -0.2) is 34.7 Å². The molecular formula is C9H11N3O4. The molecule has 0 saturated heterocycles. The minimum Gasteiger partial charge on any atom is -0.481 e. The molecule has 7 nitrogen and oxygen atoms in total. The molecule has 0 bridgehead atoms. The molecule has 7 heteroatoms. The van der Waals surface area contributed by atoms with Crippen LogP contribution in [-0.2, 0) is 22.7 Å². The second-order valence-corrected chi connectivity index (χ2v) is 3.22. The molecule has 1 aromatic heterocycles. The number of nitrogens with zero attached hydrogens (tertiary/aromatic N) is 2. The highest BCUT2D eigenvalue weighted by Gasteiger charge is 2.20. The van der Waals surface area contributed by atoms with Crippen molar-refractivity contribution in [1.82, 2.24) is 9.97 Å². The summed E-state index contributed by atoms with van der Waals surface area (Å²) in [5.41, 5.74) is 1.56. The predicted octanol–water partition coefficient (Wildman–Crippen LogP) is 0.0119. The van der Waals surface area contributed by atoms with E-state index < -0.39 is 5.97 Å². The number of hydrogen-bond donors (Lipinski definition) is 2. The Morgan fingerprint density at radius 2 is 2.38 bits per heavy atom. The maximum Gasteiger partial charge on any atom is 0.322 e. The van der Waals surface area contributed by atoms with Gasteiger partial charge in [-0.15, -0.1) is 0 Å². The molecule has 1 aromatic rings. The number of nitrogens with one attached hydrogen (secondary N) is 1. The van der Waals surface area contributed by atoms with Gasteiger partial charge in [-0.1, -0.05) is 0 Å². The van der Waals surface area contributed by atoms with Crippen LogP contribution in [0.3, 0.4) is 0 Å². The van der Waals surface area contributed by atoms with Crippen LogP contribution in [0.15, 0.2) is 0 Å². The van der Waals surface area contributed by atoms with Crippen LogP contribution >= 0.6 is 0 Å². The van der Waals surface area contributed by atoms with Crippen molar-refractivity contribution in [1.29, 1.82) is 0 Å². The van der Waals surface area contributed by atoms with Crippen LogP contribution < -0.4 is 10.1 Å². The quantitative estimate of drug-likeness (QED) is 0.745. The van der Waals surface area contributed by atoms with E-state index in [1.54, 1.807) is 0 Å². The molecule has 2 N–H and O–H groups in total. The standard InChI is InChI=1S/C9H11N3O4/c1-15-8-5-3-16-4-6(5)11-9(12-8)10-2-7(13)14/h2-4H2,1H3,(H,13,14)(H,10,11,12). The van der Waals surface area contributed by atoms with Crippen molar-refractivity contribution in [3.05, 3.63) is 11.3 Å². The van der Waals surface area contributed by atoms with E-state index in [1.165, 1.54) is 7.11 Å². The number of anilines is 1. The summed E-state index contributed by atoms with van der Waals surface area (Å²) < 4.78 is 10.3. The van der Waals surface area contributed by atoms with Crippen LogP contribution in [0.4, 0.5) is 5.95 Å². The minimum atomic E-state index is -0.973. The molecule has 2 rings (SSSR count). The molecule has 0 aliphatic carbocycles. The van der Waals surface area contributed by atoms with Gasteiger partial charge < -0.3 is 19.9 Å². The van der Waals surface area contributed by atoms with E-state index in [0.717, 1.165) is 11.3 Å². The first kappa shape index (κ1) is 10.6. The monoisotopic (exact) mass is 225 g/mol. The number of fused-ring (bicyclic) bond motifs is 1. The third kappa shape index (κ3) is 2.03. The van der Waals surface area contributed by atoms with E-state index >= 15 is 0 Å². The van der Waals surface area contributed by atoms with Crippen molar-refractivity contribution in [2.24, 2.45) is 0 Å². The summed E-state index contributed by atoms with van der Waals surface area (Å²) in [6, 6.07) is 0. The fraction of sp³-hybridized carbons (Fsp3) is 0.444. The fourth-order valence-electron chi connectivity index (χ4n) is 1.42. The number of carboxylic acids is 1. The summed E-state index contributed by atoms with van der Waals surface area (Å²) in [5, 5.41) is 11.1. The van der Waals surface area contributed by atoms with Gasteiger partial charge in [-0.3, -0.25) is 4.79 Å². The average molecular weight is 225 g/mol. The molecule has 0 amide bonds. The molecule has 86 valence electrons. The van der Waals surface area contributed by atoms with Gasteiger partial charge in [-0.25, -0.2) is 4.98 Å². The highest BCUT2D eigenvalue weighted by Crippen LogP contribution is 2.26. The zero-order valence-electron chi connectivity index (χ0n) is 8.69. The average Bonchev–Trinajstić information content (AvgIpc) is 2.73. The minimum absolute atomic E-state index is 0.233. The highest BCUT2D eigenvalue weighted by atomic mass is 16.5. The van der Waals surface area contributed by atoms with E-state index in [1.807, 2.05) is 0 Å². The van der Waals surface area contributed by atoms with Gasteiger partial charge in [-0.2, -0.15) is 4.98 Å². The Hall–Kier alpha value is -1.89. The Morgan fingerprint density at radius 1 is 1.56 bits per heavy atom. The Labute approximate surface area is 91.4 Å². The molecule has 0 radical (unpaired) electrons. The summed E-state index contributed by atoms with van der Waals surface area (Å²) in [5.74, 6) is -0.307. The lowest BCUT2D eigenvalue weighted by Crippen LogP contribution is -2.15. The van der Waals surface area contributed by atoms with Gasteiger partial charge in [0.15, 0.2) is 0 Å². The van der Waals surface area contributed by atoms with Crippen molar-refractivity contribution in [2.75, 3.05) is 19.0 Å². The molecule has 0 atom stereocenters. The molecule has 0 spiro atoms. The molecule has 0 fully saturated rings. The Kier molecular flexibility index (Phi) is 2.86. The Balaban J connectivity index is 2.24. The number of aliphatic carboxylic acids is 1. The van der Waals surface area contributed by atoms with E-state index in [-0.39, 0.29) is 12.5 Å². The number of hydrogen-bond acceptors (Lipinski definition) is 6. The Bertz CT molecular complexity index is 421. The molecular weight excluding hydrogens is 214 g/mol. The maximum atomic E-state index is 10.4. The number of rotatable bonds is 4. The second kappa shape index (κ2) is 4.31. The lowest BCUT2D eigenvalue weighted by atomic mass is 10.2. The van der Waals surface area contributed by atoms with Gasteiger partial charge in [0, 0.05) is 0 Å². The maximum absolute atomic E-state index is 10.4. The van der Waals surface area contributed by atoms with Crippen LogP contribution in [0.25, 0.3) is 0 Å². The van der Waals surface area contributed by atoms with Gasteiger partial charge in [0.05, 0.1) is 31.6 Å². The predicted molar refractivity (Wildman–Crippen MR) is 53.2 cm³/mol. The number of ether oxygens (including phenoxy) is 2. The molecule has 1 aliphatic rings. The molecule has 2 heterocycles. The van der Waals surface area contributed by atoms with E-state index in [9.17, 15) is 4.79 Å². The Morgan fingerprint density at radius 3 is 3.06 bits per heavy atom. The molecule has 16 heavy (non-hydrogen) atoms. The summed E-state index contributed by atoms with van der Waals surface area (Å²) in [6.45, 7) is 0.594. The normalized spacial score (nSPS) is 13.3. The first-order valence-corrected chi connectivity index (χ1v) is 4.68. The van der Waals surface area contributed by atoms with E-state index in [0.29, 0.717) is 19.1 Å². The van der Waals surface area contributed by atoms with Gasteiger partial charge in [0.1, 0.15) is 6.54 Å². The smallest absolute Gasteiger partial charge is 0.322 e. The lowest BCUT2D eigenvalue weighted by Gasteiger charge is -2.07. The lowest BCUT2D eigenvalue weighted by molar-refractivity contribution is -0.134. The summed E-state index contributed by atoms with van der Waals surface area (Å²) in [6.07, 6.45) is 0. The van der Waals surface area contributed by atoms with Crippen molar-refractivity contribution >= 4 is 11.9 Å². The fourth-order valence-corrected chi connectivity index (χ4v) is 1.42. The number of aromatic nitrogens is 2. The zero-order valence-corrected chi connectivity index (χ0v) is 8.69. The number of methoxy groups -OCH3 is 1. The van der Waals surface area contributed by atoms with Crippen LogP contribution in [0.2, 0.25) is 0 Å². The van der Waals surface area contributed by atoms with Crippen molar-refractivity contribution in [2.45, 2.75) is 13.2 Å². The van der Waals surface area contributed by atoms with Gasteiger partial charge in [0.2, 0.25) is 11.8 Å². The first-order chi connectivity index (χ1) is 7.70. The number of carboxylic acid groups (broad SMARTS) is 1. The topological polar surface area (TPSA) is 93.6 Å². The van der Waals surface area contributed by atoms with Crippen molar-refractivity contribution in [3.63, 3.8) is 0 Å². The molecule has 0 saturated carbocycles.